The lowest BCUT2D eigenvalue weighted by Crippen LogP contribution is -2.19. The van der Waals surface area contributed by atoms with Crippen LogP contribution in [0, 0.1) is 13.8 Å². The highest BCUT2D eigenvalue weighted by molar-refractivity contribution is 5.77. The third-order valence-electron chi connectivity index (χ3n) is 3.29. The van der Waals surface area contributed by atoms with Crippen molar-refractivity contribution in [3.8, 4) is 0 Å². The van der Waals surface area contributed by atoms with E-state index in [9.17, 15) is 9.90 Å². The number of aliphatic carboxylic acids is 1. The topological polar surface area (TPSA) is 57.5 Å². The summed E-state index contributed by atoms with van der Waals surface area (Å²) in [5.74, 6) is -1.81. The fraction of sp³-hybridized carbons (Fsp3) is 0.533. The first-order valence-corrected chi connectivity index (χ1v) is 6.13. The lowest BCUT2D eigenvalue weighted by molar-refractivity contribution is -0.139. The van der Waals surface area contributed by atoms with Gasteiger partial charge < -0.3 is 10.2 Å². The Hall–Kier alpha value is -1.35. The summed E-state index contributed by atoms with van der Waals surface area (Å²) in [7, 11) is 0. The van der Waals surface area contributed by atoms with Crippen molar-refractivity contribution in [1.29, 1.82) is 0 Å². The second-order valence-electron chi connectivity index (χ2n) is 5.85. The van der Waals surface area contributed by atoms with Gasteiger partial charge in [0.15, 0.2) is 0 Å². The molecule has 100 valence electrons. The summed E-state index contributed by atoms with van der Waals surface area (Å²) in [5.41, 5.74) is 3.82. The summed E-state index contributed by atoms with van der Waals surface area (Å²) in [6, 6.07) is 4.04. The summed E-state index contributed by atoms with van der Waals surface area (Å²) in [6.45, 7) is 9.82. The number of carboxylic acid groups (broad SMARTS) is 1. The molecule has 1 rings (SSSR count). The monoisotopic (exact) mass is 250 g/mol. The zero-order valence-corrected chi connectivity index (χ0v) is 11.7. The van der Waals surface area contributed by atoms with Crippen LogP contribution in [0.5, 0.6) is 0 Å². The van der Waals surface area contributed by atoms with Gasteiger partial charge in [-0.3, -0.25) is 4.79 Å². The molecule has 0 spiro atoms. The molecule has 0 aliphatic carbocycles. The maximum Gasteiger partial charge on any atom is 0.313 e. The van der Waals surface area contributed by atoms with E-state index >= 15 is 0 Å². The van der Waals surface area contributed by atoms with E-state index in [1.54, 1.807) is 0 Å². The van der Waals surface area contributed by atoms with Crippen LogP contribution in [-0.4, -0.2) is 22.8 Å². The minimum absolute atomic E-state index is 0.0337. The fourth-order valence-electron chi connectivity index (χ4n) is 2.25. The van der Waals surface area contributed by atoms with Crippen LogP contribution in [0.2, 0.25) is 0 Å². The van der Waals surface area contributed by atoms with Gasteiger partial charge in [-0.25, -0.2) is 0 Å². The van der Waals surface area contributed by atoms with E-state index in [0.717, 1.165) is 16.7 Å². The standard InChI is InChI=1S/C15H22O3/c1-9-6-11(15(3,4)5)7-10(2)13(9)12(8-16)14(17)18/h6-7,12,16H,8H2,1-5H3,(H,17,18). The van der Waals surface area contributed by atoms with E-state index in [4.69, 9.17) is 5.11 Å². The molecular formula is C15H22O3. The molecule has 1 aromatic carbocycles. The molecule has 0 aliphatic heterocycles. The Morgan fingerprint density at radius 2 is 1.67 bits per heavy atom. The van der Waals surface area contributed by atoms with Crippen molar-refractivity contribution in [3.05, 3.63) is 34.4 Å². The number of benzene rings is 1. The first-order chi connectivity index (χ1) is 8.18. The van der Waals surface area contributed by atoms with Gasteiger partial charge in [-0.15, -0.1) is 0 Å². The zero-order valence-electron chi connectivity index (χ0n) is 11.7. The number of carbonyl (C=O) groups is 1. The van der Waals surface area contributed by atoms with E-state index in [-0.39, 0.29) is 12.0 Å². The van der Waals surface area contributed by atoms with Crippen molar-refractivity contribution >= 4 is 5.97 Å². The van der Waals surface area contributed by atoms with Crippen molar-refractivity contribution < 1.29 is 15.0 Å². The second kappa shape index (κ2) is 5.11. The van der Waals surface area contributed by atoms with Crippen molar-refractivity contribution in [2.75, 3.05) is 6.61 Å². The minimum Gasteiger partial charge on any atom is -0.481 e. The Balaban J connectivity index is 3.37. The number of aliphatic hydroxyl groups is 1. The molecule has 0 saturated heterocycles. The maximum atomic E-state index is 11.2. The van der Waals surface area contributed by atoms with Crippen molar-refractivity contribution in [1.82, 2.24) is 0 Å². The lowest BCUT2D eigenvalue weighted by atomic mass is 9.81. The SMILES string of the molecule is Cc1cc(C(C)(C)C)cc(C)c1C(CO)C(=O)O. The highest BCUT2D eigenvalue weighted by atomic mass is 16.4. The first-order valence-electron chi connectivity index (χ1n) is 6.13. The molecule has 0 bridgehead atoms. The Kier molecular flexibility index (Phi) is 4.17. The summed E-state index contributed by atoms with van der Waals surface area (Å²) >= 11 is 0. The molecule has 0 radical (unpaired) electrons. The molecule has 1 unspecified atom stereocenters. The van der Waals surface area contributed by atoms with Gasteiger partial charge in [0.05, 0.1) is 6.61 Å². The molecule has 0 aromatic heterocycles. The van der Waals surface area contributed by atoms with Crippen LogP contribution in [0.15, 0.2) is 12.1 Å². The van der Waals surface area contributed by atoms with Gasteiger partial charge in [0.2, 0.25) is 0 Å². The van der Waals surface area contributed by atoms with Crippen LogP contribution in [0.4, 0.5) is 0 Å². The minimum atomic E-state index is -0.979. The van der Waals surface area contributed by atoms with Crippen LogP contribution in [0.3, 0.4) is 0 Å². The average Bonchev–Trinajstić information content (AvgIpc) is 2.20. The largest absolute Gasteiger partial charge is 0.481 e. The Labute approximate surface area is 108 Å². The number of hydrogen-bond acceptors (Lipinski definition) is 2. The highest BCUT2D eigenvalue weighted by Gasteiger charge is 2.24. The third kappa shape index (κ3) is 2.91. The van der Waals surface area contributed by atoms with E-state index in [0.29, 0.717) is 0 Å². The van der Waals surface area contributed by atoms with Crippen LogP contribution < -0.4 is 0 Å². The summed E-state index contributed by atoms with van der Waals surface area (Å²) < 4.78 is 0. The molecule has 0 fully saturated rings. The number of aryl methyl sites for hydroxylation is 2. The number of aliphatic hydroxyl groups excluding tert-OH is 1. The van der Waals surface area contributed by atoms with E-state index < -0.39 is 11.9 Å². The molecule has 1 atom stereocenters. The Morgan fingerprint density at radius 3 is 1.94 bits per heavy atom. The predicted molar refractivity (Wildman–Crippen MR) is 72.1 cm³/mol. The molecule has 2 N–H and O–H groups in total. The molecular weight excluding hydrogens is 228 g/mol. The van der Waals surface area contributed by atoms with Gasteiger partial charge in [-0.05, 0) is 41.5 Å². The van der Waals surface area contributed by atoms with Crippen LogP contribution in [0.1, 0.15) is 48.9 Å². The van der Waals surface area contributed by atoms with E-state index in [2.05, 4.69) is 20.8 Å². The molecule has 0 saturated carbocycles. The number of rotatable bonds is 3. The quantitative estimate of drug-likeness (QED) is 0.867. The predicted octanol–water partition coefficient (Wildman–Crippen LogP) is 2.76. The summed E-state index contributed by atoms with van der Waals surface area (Å²) in [4.78, 5) is 11.2. The lowest BCUT2D eigenvalue weighted by Gasteiger charge is -2.24. The van der Waals surface area contributed by atoms with Gasteiger partial charge in [0, 0.05) is 0 Å². The van der Waals surface area contributed by atoms with Gasteiger partial charge in [0.25, 0.3) is 0 Å². The van der Waals surface area contributed by atoms with Crippen molar-refractivity contribution in [2.24, 2.45) is 0 Å². The maximum absolute atomic E-state index is 11.2. The third-order valence-corrected chi connectivity index (χ3v) is 3.29. The van der Waals surface area contributed by atoms with Crippen molar-refractivity contribution in [3.63, 3.8) is 0 Å². The van der Waals surface area contributed by atoms with Gasteiger partial charge >= 0.3 is 5.97 Å². The summed E-state index contributed by atoms with van der Waals surface area (Å²) in [5, 5.41) is 18.4. The number of hydrogen-bond donors (Lipinski definition) is 2. The average molecular weight is 250 g/mol. The molecule has 18 heavy (non-hydrogen) atoms. The molecule has 0 heterocycles. The smallest absolute Gasteiger partial charge is 0.313 e. The highest BCUT2D eigenvalue weighted by Crippen LogP contribution is 2.30. The van der Waals surface area contributed by atoms with Gasteiger partial charge in [-0.1, -0.05) is 32.9 Å². The van der Waals surface area contributed by atoms with Gasteiger partial charge in [0.1, 0.15) is 5.92 Å². The zero-order chi connectivity index (χ0) is 14.1. The Morgan fingerprint density at radius 1 is 1.22 bits per heavy atom. The van der Waals surface area contributed by atoms with E-state index in [1.165, 1.54) is 5.56 Å². The molecule has 3 heteroatoms. The van der Waals surface area contributed by atoms with Crippen LogP contribution >= 0.6 is 0 Å². The first kappa shape index (κ1) is 14.7. The molecule has 0 aliphatic rings. The molecule has 1 aromatic rings. The summed E-state index contributed by atoms with van der Waals surface area (Å²) in [6.07, 6.45) is 0. The van der Waals surface area contributed by atoms with E-state index in [1.807, 2.05) is 26.0 Å². The molecule has 3 nitrogen and oxygen atoms in total. The number of carboxylic acids is 1. The normalized spacial score (nSPS) is 13.4. The fourth-order valence-corrected chi connectivity index (χ4v) is 2.25. The Bertz CT molecular complexity index is 432. The second-order valence-corrected chi connectivity index (χ2v) is 5.85. The van der Waals surface area contributed by atoms with Crippen LogP contribution in [0.25, 0.3) is 0 Å². The van der Waals surface area contributed by atoms with Crippen molar-refractivity contribution in [2.45, 2.75) is 46.0 Å². The van der Waals surface area contributed by atoms with Gasteiger partial charge in [-0.2, -0.15) is 0 Å². The molecule has 0 amide bonds. The van der Waals surface area contributed by atoms with Crippen LogP contribution in [-0.2, 0) is 10.2 Å².